The van der Waals surface area contributed by atoms with E-state index < -0.39 is 0 Å². The van der Waals surface area contributed by atoms with E-state index in [1.807, 2.05) is 13.0 Å². The summed E-state index contributed by atoms with van der Waals surface area (Å²) in [5.74, 6) is -0.574. The first-order chi connectivity index (χ1) is 10.0. The molecule has 0 saturated heterocycles. The van der Waals surface area contributed by atoms with E-state index in [1.165, 1.54) is 18.2 Å². The maximum Gasteiger partial charge on any atom is 0.137 e. The minimum Gasteiger partial charge on any atom is -0.310 e. The van der Waals surface area contributed by atoms with E-state index in [2.05, 4.69) is 37.2 Å². The van der Waals surface area contributed by atoms with Gasteiger partial charge in [0.1, 0.15) is 11.6 Å². The first-order valence-corrected chi connectivity index (χ1v) is 8.22. The van der Waals surface area contributed by atoms with Gasteiger partial charge in [0.2, 0.25) is 0 Å². The minimum atomic E-state index is -0.297. The van der Waals surface area contributed by atoms with Gasteiger partial charge >= 0.3 is 0 Å². The third-order valence-corrected chi connectivity index (χ3v) is 4.85. The molecule has 0 fully saturated rings. The Morgan fingerprint density at radius 2 is 1.90 bits per heavy atom. The number of hydrogen-bond donors (Lipinski definition) is 1. The van der Waals surface area contributed by atoms with Crippen molar-refractivity contribution in [2.75, 3.05) is 6.54 Å². The first kappa shape index (κ1) is 16.6. The Morgan fingerprint density at radius 3 is 2.62 bits per heavy atom. The smallest absolute Gasteiger partial charge is 0.137 e. The van der Waals surface area contributed by atoms with Gasteiger partial charge in [-0.2, -0.15) is 0 Å². The molecule has 112 valence electrons. The fraction of sp³-hybridized carbons (Fsp3) is 0.250. The molecule has 0 saturated carbocycles. The highest BCUT2D eigenvalue weighted by molar-refractivity contribution is 9.10. The molecule has 0 radical (unpaired) electrons. The van der Waals surface area contributed by atoms with Crippen molar-refractivity contribution < 1.29 is 8.78 Å². The van der Waals surface area contributed by atoms with Gasteiger partial charge in [0.15, 0.2) is 0 Å². The highest BCUT2D eigenvalue weighted by atomic mass is 79.9. The molecule has 0 heterocycles. The Labute approximate surface area is 140 Å². The van der Waals surface area contributed by atoms with Crippen molar-refractivity contribution in [3.63, 3.8) is 0 Å². The minimum absolute atomic E-state index is 0.0989. The van der Waals surface area contributed by atoms with E-state index >= 15 is 0 Å². The molecule has 0 aliphatic heterocycles. The Hall–Kier alpha value is -0.780. The largest absolute Gasteiger partial charge is 0.310 e. The van der Waals surface area contributed by atoms with Crippen molar-refractivity contribution >= 4 is 31.9 Å². The zero-order valence-corrected chi connectivity index (χ0v) is 14.6. The summed E-state index contributed by atoms with van der Waals surface area (Å²) in [6, 6.07) is 9.46. The van der Waals surface area contributed by atoms with Crippen molar-refractivity contribution in [3.05, 3.63) is 68.1 Å². The van der Waals surface area contributed by atoms with Crippen LogP contribution in [0.2, 0.25) is 0 Å². The van der Waals surface area contributed by atoms with Gasteiger partial charge in [-0.05, 0) is 64.3 Å². The molecule has 5 heteroatoms. The van der Waals surface area contributed by atoms with Gasteiger partial charge in [0.25, 0.3) is 0 Å². The average molecular weight is 419 g/mol. The highest BCUT2D eigenvalue weighted by Gasteiger charge is 2.17. The zero-order valence-electron chi connectivity index (χ0n) is 11.5. The van der Waals surface area contributed by atoms with Crippen LogP contribution in [0.15, 0.2) is 45.3 Å². The third kappa shape index (κ3) is 4.11. The van der Waals surface area contributed by atoms with Crippen LogP contribution in [-0.2, 0) is 6.42 Å². The predicted octanol–water partition coefficient (Wildman–Crippen LogP) is 5.38. The fourth-order valence-corrected chi connectivity index (χ4v) is 3.20. The Balaban J connectivity index is 2.35. The molecular formula is C16H15Br2F2N. The molecule has 2 aromatic carbocycles. The number of hydrogen-bond acceptors (Lipinski definition) is 1. The number of halogens is 4. The second-order valence-corrected chi connectivity index (χ2v) is 6.34. The van der Waals surface area contributed by atoms with Gasteiger partial charge in [0.05, 0.1) is 4.47 Å². The van der Waals surface area contributed by atoms with Crippen molar-refractivity contribution in [3.8, 4) is 0 Å². The SMILES string of the molecule is CCNC(Cc1cc(F)ccc1Br)c1cccc(F)c1Br. The van der Waals surface area contributed by atoms with Crippen LogP contribution in [-0.4, -0.2) is 6.54 Å². The van der Waals surface area contributed by atoms with Crippen LogP contribution in [0, 0.1) is 11.6 Å². The van der Waals surface area contributed by atoms with Crippen LogP contribution < -0.4 is 5.32 Å². The van der Waals surface area contributed by atoms with Gasteiger partial charge in [-0.15, -0.1) is 0 Å². The Bertz CT molecular complexity index is 632. The van der Waals surface area contributed by atoms with Crippen LogP contribution in [0.1, 0.15) is 24.1 Å². The van der Waals surface area contributed by atoms with Crippen LogP contribution in [0.25, 0.3) is 0 Å². The number of likely N-dealkylation sites (N-methyl/N-ethyl adjacent to an activating group) is 1. The molecule has 2 aromatic rings. The van der Waals surface area contributed by atoms with Crippen LogP contribution in [0.4, 0.5) is 8.78 Å². The van der Waals surface area contributed by atoms with E-state index in [0.717, 1.165) is 22.1 Å². The molecule has 1 nitrogen and oxygen atoms in total. The van der Waals surface area contributed by atoms with Crippen LogP contribution in [0.5, 0.6) is 0 Å². The monoisotopic (exact) mass is 417 g/mol. The normalized spacial score (nSPS) is 12.4. The molecule has 0 aromatic heterocycles. The van der Waals surface area contributed by atoms with E-state index in [0.29, 0.717) is 10.9 Å². The van der Waals surface area contributed by atoms with Crippen molar-refractivity contribution in [2.45, 2.75) is 19.4 Å². The van der Waals surface area contributed by atoms with Crippen LogP contribution in [0.3, 0.4) is 0 Å². The highest BCUT2D eigenvalue weighted by Crippen LogP contribution is 2.30. The van der Waals surface area contributed by atoms with Crippen LogP contribution >= 0.6 is 31.9 Å². The second kappa shape index (κ2) is 7.47. The quantitative estimate of drug-likeness (QED) is 0.686. The van der Waals surface area contributed by atoms with E-state index in [9.17, 15) is 8.78 Å². The summed E-state index contributed by atoms with van der Waals surface area (Å²) in [5.41, 5.74) is 1.67. The molecule has 1 atom stereocenters. The topological polar surface area (TPSA) is 12.0 Å². The van der Waals surface area contributed by atoms with Gasteiger partial charge in [0, 0.05) is 10.5 Å². The lowest BCUT2D eigenvalue weighted by Crippen LogP contribution is -2.23. The van der Waals surface area contributed by atoms with Crippen molar-refractivity contribution in [2.24, 2.45) is 0 Å². The Kier molecular flexibility index (Phi) is 5.90. The summed E-state index contributed by atoms with van der Waals surface area (Å²) in [5, 5.41) is 3.32. The fourth-order valence-electron chi connectivity index (χ4n) is 2.25. The lowest BCUT2D eigenvalue weighted by atomic mass is 9.98. The van der Waals surface area contributed by atoms with Crippen molar-refractivity contribution in [1.82, 2.24) is 5.32 Å². The maximum atomic E-state index is 13.7. The summed E-state index contributed by atoms with van der Waals surface area (Å²) in [7, 11) is 0. The molecule has 1 unspecified atom stereocenters. The van der Waals surface area contributed by atoms with Gasteiger partial charge in [-0.1, -0.05) is 35.0 Å². The zero-order chi connectivity index (χ0) is 15.4. The van der Waals surface area contributed by atoms with Gasteiger partial charge in [-0.25, -0.2) is 8.78 Å². The lowest BCUT2D eigenvalue weighted by molar-refractivity contribution is 0.535. The molecule has 1 N–H and O–H groups in total. The van der Waals surface area contributed by atoms with Crippen molar-refractivity contribution in [1.29, 1.82) is 0 Å². The summed E-state index contributed by atoms with van der Waals surface area (Å²) < 4.78 is 28.4. The third-order valence-electron chi connectivity index (χ3n) is 3.24. The molecular weight excluding hydrogens is 404 g/mol. The number of benzene rings is 2. The molecule has 0 aliphatic carbocycles. The lowest BCUT2D eigenvalue weighted by Gasteiger charge is -2.21. The number of rotatable bonds is 5. The van der Waals surface area contributed by atoms with E-state index in [-0.39, 0.29) is 17.7 Å². The van der Waals surface area contributed by atoms with Gasteiger partial charge < -0.3 is 5.32 Å². The summed E-state index contributed by atoms with van der Waals surface area (Å²) in [6.07, 6.45) is 0.564. The molecule has 0 bridgehead atoms. The molecule has 0 amide bonds. The van der Waals surface area contributed by atoms with Gasteiger partial charge in [-0.3, -0.25) is 0 Å². The summed E-state index contributed by atoms with van der Waals surface area (Å²) in [4.78, 5) is 0. The first-order valence-electron chi connectivity index (χ1n) is 6.64. The van der Waals surface area contributed by atoms with E-state index in [1.54, 1.807) is 12.1 Å². The standard InChI is InChI=1S/C16H15Br2F2N/c1-2-21-15(12-4-3-5-14(20)16(12)18)9-10-8-11(19)6-7-13(10)17/h3-8,15,21H,2,9H2,1H3. The molecule has 0 aliphatic rings. The predicted molar refractivity (Wildman–Crippen MR) is 88.3 cm³/mol. The van der Waals surface area contributed by atoms with E-state index in [4.69, 9.17) is 0 Å². The number of nitrogens with one attached hydrogen (secondary N) is 1. The molecule has 21 heavy (non-hydrogen) atoms. The Morgan fingerprint density at radius 1 is 1.14 bits per heavy atom. The maximum absolute atomic E-state index is 13.7. The molecule has 2 rings (SSSR count). The molecule has 0 spiro atoms. The average Bonchev–Trinajstić information content (AvgIpc) is 2.45. The summed E-state index contributed by atoms with van der Waals surface area (Å²) in [6.45, 7) is 2.72. The second-order valence-electron chi connectivity index (χ2n) is 4.69. The summed E-state index contributed by atoms with van der Waals surface area (Å²) >= 11 is 6.73.